The van der Waals surface area contributed by atoms with Gasteiger partial charge in [-0.05, 0) is 24.3 Å². The van der Waals surface area contributed by atoms with E-state index in [1.54, 1.807) is 4.90 Å². The summed E-state index contributed by atoms with van der Waals surface area (Å²) in [5.74, 6) is 0.0925. The Morgan fingerprint density at radius 1 is 1.13 bits per heavy atom. The smallest absolute Gasteiger partial charge is 0.410 e. The summed E-state index contributed by atoms with van der Waals surface area (Å²) in [5, 5.41) is 0. The van der Waals surface area contributed by atoms with Gasteiger partial charge in [0.25, 0.3) is 0 Å². The first-order valence-electron chi connectivity index (χ1n) is 8.18. The first-order chi connectivity index (χ1) is 11.1. The Balaban J connectivity index is 1.71. The maximum Gasteiger partial charge on any atom is 0.410 e. The molecule has 1 heterocycles. The third-order valence-corrected chi connectivity index (χ3v) is 3.85. The van der Waals surface area contributed by atoms with Crippen molar-refractivity contribution in [3.63, 3.8) is 0 Å². The summed E-state index contributed by atoms with van der Waals surface area (Å²) in [4.78, 5) is 25.6. The van der Waals surface area contributed by atoms with Gasteiger partial charge in [-0.25, -0.2) is 4.79 Å². The Bertz CT molecular complexity index is 507. The zero-order valence-corrected chi connectivity index (χ0v) is 13.9. The van der Waals surface area contributed by atoms with Crippen LogP contribution in [0.4, 0.5) is 4.79 Å². The molecule has 0 aromatic heterocycles. The molecule has 0 spiro atoms. The van der Waals surface area contributed by atoms with Crippen LogP contribution in [-0.4, -0.2) is 36.7 Å². The maximum atomic E-state index is 12.1. The lowest BCUT2D eigenvalue weighted by molar-refractivity contribution is -0.151. The standard InChI is InChI=1S/C18H25NO4/c1-14(2)12-22-17(20)16-8-10-19(11-9-16)18(21)23-13-15-6-4-3-5-7-15/h3-7,14,16H,8-13H2,1-2H3. The van der Waals surface area contributed by atoms with Crippen LogP contribution in [0.25, 0.3) is 0 Å². The van der Waals surface area contributed by atoms with Crippen LogP contribution in [0.5, 0.6) is 0 Å². The molecular formula is C18H25NO4. The Hall–Kier alpha value is -2.04. The van der Waals surface area contributed by atoms with E-state index in [-0.39, 0.29) is 24.6 Å². The molecule has 2 rings (SSSR count). The van der Waals surface area contributed by atoms with Crippen LogP contribution >= 0.6 is 0 Å². The molecule has 1 aromatic carbocycles. The van der Waals surface area contributed by atoms with E-state index in [9.17, 15) is 9.59 Å². The second-order valence-corrected chi connectivity index (χ2v) is 6.33. The van der Waals surface area contributed by atoms with Crippen LogP contribution in [0.1, 0.15) is 32.3 Å². The third-order valence-electron chi connectivity index (χ3n) is 3.85. The molecule has 23 heavy (non-hydrogen) atoms. The summed E-state index contributed by atoms with van der Waals surface area (Å²) in [7, 11) is 0. The Kier molecular flexibility index (Phi) is 6.44. The molecule has 1 aromatic rings. The van der Waals surface area contributed by atoms with Crippen molar-refractivity contribution in [2.75, 3.05) is 19.7 Å². The minimum absolute atomic E-state index is 0.105. The van der Waals surface area contributed by atoms with Crippen LogP contribution in [-0.2, 0) is 20.9 Å². The molecule has 0 unspecified atom stereocenters. The topological polar surface area (TPSA) is 55.8 Å². The fraction of sp³-hybridized carbons (Fsp3) is 0.556. The zero-order chi connectivity index (χ0) is 16.7. The first-order valence-corrected chi connectivity index (χ1v) is 8.18. The molecule has 5 nitrogen and oxygen atoms in total. The van der Waals surface area contributed by atoms with Crippen molar-refractivity contribution < 1.29 is 19.1 Å². The first kappa shape index (κ1) is 17.3. The summed E-state index contributed by atoms with van der Waals surface area (Å²) in [6, 6.07) is 9.60. The zero-order valence-electron chi connectivity index (χ0n) is 13.9. The van der Waals surface area contributed by atoms with E-state index < -0.39 is 0 Å². The Morgan fingerprint density at radius 2 is 1.78 bits per heavy atom. The van der Waals surface area contributed by atoms with Crippen LogP contribution < -0.4 is 0 Å². The summed E-state index contributed by atoms with van der Waals surface area (Å²) in [5.41, 5.74) is 0.966. The molecule has 1 amide bonds. The molecule has 0 N–H and O–H groups in total. The maximum absolute atomic E-state index is 12.1. The predicted molar refractivity (Wildman–Crippen MR) is 86.7 cm³/mol. The SMILES string of the molecule is CC(C)COC(=O)C1CCN(C(=O)OCc2ccccc2)CC1. The molecule has 0 bridgehead atoms. The predicted octanol–water partition coefficient (Wildman–Crippen LogP) is 3.23. The lowest BCUT2D eigenvalue weighted by Gasteiger charge is -2.30. The highest BCUT2D eigenvalue weighted by atomic mass is 16.6. The number of hydrogen-bond donors (Lipinski definition) is 0. The van der Waals surface area contributed by atoms with E-state index >= 15 is 0 Å². The monoisotopic (exact) mass is 319 g/mol. The number of esters is 1. The van der Waals surface area contributed by atoms with Gasteiger partial charge in [-0.15, -0.1) is 0 Å². The van der Waals surface area contributed by atoms with Gasteiger partial charge >= 0.3 is 12.1 Å². The van der Waals surface area contributed by atoms with E-state index in [1.807, 2.05) is 44.2 Å². The molecule has 1 aliphatic rings. The minimum Gasteiger partial charge on any atom is -0.465 e. The van der Waals surface area contributed by atoms with E-state index in [0.29, 0.717) is 38.5 Å². The number of piperidine rings is 1. The number of carbonyl (C=O) groups excluding carboxylic acids is 2. The molecule has 1 fully saturated rings. The van der Waals surface area contributed by atoms with Crippen molar-refractivity contribution in [1.29, 1.82) is 0 Å². The van der Waals surface area contributed by atoms with Gasteiger partial charge in [0.15, 0.2) is 0 Å². The van der Waals surface area contributed by atoms with Crippen molar-refractivity contribution in [1.82, 2.24) is 4.90 Å². The molecule has 126 valence electrons. The number of amides is 1. The van der Waals surface area contributed by atoms with Crippen molar-refractivity contribution in [3.05, 3.63) is 35.9 Å². The van der Waals surface area contributed by atoms with Gasteiger partial charge in [-0.2, -0.15) is 0 Å². The Labute approximate surface area is 137 Å². The van der Waals surface area contributed by atoms with Gasteiger partial charge < -0.3 is 14.4 Å². The molecule has 1 aliphatic heterocycles. The van der Waals surface area contributed by atoms with E-state index in [4.69, 9.17) is 9.47 Å². The van der Waals surface area contributed by atoms with Gasteiger partial charge in [0.2, 0.25) is 0 Å². The summed E-state index contributed by atoms with van der Waals surface area (Å²) >= 11 is 0. The van der Waals surface area contributed by atoms with E-state index in [1.165, 1.54) is 0 Å². The van der Waals surface area contributed by atoms with Crippen molar-refractivity contribution in [2.24, 2.45) is 11.8 Å². The Morgan fingerprint density at radius 3 is 2.39 bits per heavy atom. The third kappa shape index (κ3) is 5.58. The van der Waals surface area contributed by atoms with Crippen LogP contribution in [0.3, 0.4) is 0 Å². The quantitative estimate of drug-likeness (QED) is 0.782. The van der Waals surface area contributed by atoms with Crippen LogP contribution in [0.15, 0.2) is 30.3 Å². The normalized spacial score (nSPS) is 15.5. The lowest BCUT2D eigenvalue weighted by atomic mass is 9.97. The summed E-state index contributed by atoms with van der Waals surface area (Å²) in [6.07, 6.45) is 0.956. The highest BCUT2D eigenvalue weighted by molar-refractivity contribution is 5.73. The molecule has 0 aliphatic carbocycles. The number of rotatable bonds is 5. The van der Waals surface area contributed by atoms with Gasteiger partial charge in [0.05, 0.1) is 12.5 Å². The van der Waals surface area contributed by atoms with Crippen LogP contribution in [0.2, 0.25) is 0 Å². The fourth-order valence-electron chi connectivity index (χ4n) is 2.48. The van der Waals surface area contributed by atoms with Crippen molar-refractivity contribution in [3.8, 4) is 0 Å². The summed E-state index contributed by atoms with van der Waals surface area (Å²) < 4.78 is 10.6. The van der Waals surface area contributed by atoms with Gasteiger partial charge in [-0.3, -0.25) is 4.79 Å². The molecule has 5 heteroatoms. The minimum atomic E-state index is -0.317. The molecule has 0 radical (unpaired) electrons. The van der Waals surface area contributed by atoms with Crippen molar-refractivity contribution >= 4 is 12.1 Å². The number of ether oxygens (including phenoxy) is 2. The largest absolute Gasteiger partial charge is 0.465 e. The van der Waals surface area contributed by atoms with E-state index in [2.05, 4.69) is 0 Å². The molecule has 0 saturated carbocycles. The van der Waals surface area contributed by atoms with Crippen LogP contribution in [0, 0.1) is 11.8 Å². The lowest BCUT2D eigenvalue weighted by Crippen LogP contribution is -2.41. The number of nitrogens with zero attached hydrogens (tertiary/aromatic N) is 1. The fourth-order valence-corrected chi connectivity index (χ4v) is 2.48. The highest BCUT2D eigenvalue weighted by Gasteiger charge is 2.29. The average Bonchev–Trinajstić information content (AvgIpc) is 2.58. The van der Waals surface area contributed by atoms with Crippen molar-refractivity contribution in [2.45, 2.75) is 33.3 Å². The van der Waals surface area contributed by atoms with Gasteiger partial charge in [-0.1, -0.05) is 44.2 Å². The second-order valence-electron chi connectivity index (χ2n) is 6.33. The van der Waals surface area contributed by atoms with Gasteiger partial charge in [0.1, 0.15) is 6.61 Å². The number of likely N-dealkylation sites (tertiary alicyclic amines) is 1. The number of hydrogen-bond acceptors (Lipinski definition) is 4. The molecule has 1 saturated heterocycles. The van der Waals surface area contributed by atoms with Gasteiger partial charge in [0, 0.05) is 13.1 Å². The molecule has 0 atom stereocenters. The second kappa shape index (κ2) is 8.56. The number of carbonyl (C=O) groups is 2. The highest BCUT2D eigenvalue weighted by Crippen LogP contribution is 2.20. The van der Waals surface area contributed by atoms with E-state index in [0.717, 1.165) is 5.56 Å². The summed E-state index contributed by atoms with van der Waals surface area (Å²) in [6.45, 7) is 5.83. The molecular weight excluding hydrogens is 294 g/mol. The number of benzene rings is 1. The average molecular weight is 319 g/mol.